The van der Waals surface area contributed by atoms with E-state index in [2.05, 4.69) is 84.9 Å². The Morgan fingerprint density at radius 3 is 1.20 bits per heavy atom. The van der Waals surface area contributed by atoms with Crippen molar-refractivity contribution >= 4 is 28.7 Å². The zero-order valence-corrected chi connectivity index (χ0v) is 14.6. The van der Waals surface area contributed by atoms with Crippen LogP contribution in [0.4, 0.5) is 0 Å². The second kappa shape index (κ2) is 6.96. The van der Waals surface area contributed by atoms with Gasteiger partial charge in [-0.25, -0.2) is 9.97 Å². The van der Waals surface area contributed by atoms with Gasteiger partial charge in [-0.05, 0) is 36.4 Å². The van der Waals surface area contributed by atoms with E-state index in [1.807, 2.05) is 24.5 Å². The third-order valence-corrected chi connectivity index (χ3v) is 8.32. The molecule has 0 amide bonds. The highest BCUT2D eigenvalue weighted by molar-refractivity contribution is 8.01. The number of nitrogens with zero attached hydrogens (tertiary/aromatic N) is 2. The molecule has 2 aromatic heterocycles. The number of benzene rings is 2. The summed E-state index contributed by atoms with van der Waals surface area (Å²) in [6, 6.07) is 33.6. The minimum Gasteiger partial charge on any atom is -0.221 e. The fraction of sp³-hybridized carbons (Fsp3) is 0. The van der Waals surface area contributed by atoms with Crippen molar-refractivity contribution in [3.63, 3.8) is 0 Å². The summed E-state index contributed by atoms with van der Waals surface area (Å²) in [6.07, 6.45) is 3.75. The van der Waals surface area contributed by atoms with Crippen molar-refractivity contribution in [1.29, 1.82) is 0 Å². The van der Waals surface area contributed by atoms with Crippen LogP contribution in [0, 0.1) is 0 Å². The van der Waals surface area contributed by atoms with E-state index in [1.165, 1.54) is 10.6 Å². The maximum Gasteiger partial charge on any atom is 0.199 e. The molecule has 120 valence electrons. The monoisotopic (exact) mass is 341 g/mol. The number of rotatable bonds is 4. The maximum absolute atomic E-state index is 4.79. The van der Waals surface area contributed by atoms with Crippen molar-refractivity contribution in [2.45, 2.75) is 0 Å². The second-order valence-corrected chi connectivity index (χ2v) is 9.01. The fourth-order valence-corrected chi connectivity index (χ4v) is 7.13. The van der Waals surface area contributed by atoms with Crippen molar-refractivity contribution in [2.24, 2.45) is 0 Å². The molecule has 2 nitrogen and oxygen atoms in total. The van der Waals surface area contributed by atoms with Gasteiger partial charge in [0.05, 0.1) is 0 Å². The van der Waals surface area contributed by atoms with E-state index in [0.29, 0.717) is 0 Å². The molecule has 0 bridgehead atoms. The number of hydrogen-bond acceptors (Lipinski definition) is 2. The molecule has 2 heterocycles. The van der Waals surface area contributed by atoms with Crippen molar-refractivity contribution in [1.82, 2.24) is 9.97 Å². The third-order valence-electron chi connectivity index (χ3n) is 4.27. The van der Waals surface area contributed by atoms with E-state index in [0.717, 1.165) is 10.9 Å². The third kappa shape index (κ3) is 2.75. The predicted molar refractivity (Wildman–Crippen MR) is 107 cm³/mol. The summed E-state index contributed by atoms with van der Waals surface area (Å²) in [5, 5.41) is 2.53. The molecule has 0 saturated heterocycles. The van der Waals surface area contributed by atoms with Gasteiger partial charge in [-0.1, -0.05) is 48.5 Å². The van der Waals surface area contributed by atoms with Crippen LogP contribution in [0.2, 0.25) is 0 Å². The molecule has 0 N–H and O–H groups in total. The molecule has 4 rings (SSSR count). The lowest BCUT2D eigenvalue weighted by molar-refractivity contribution is 1.36. The Bertz CT molecular complexity index is 763. The number of pyridine rings is 2. The van der Waals surface area contributed by atoms with E-state index in [1.54, 1.807) is 0 Å². The Kier molecular flexibility index (Phi) is 4.37. The molecule has 0 atom stereocenters. The van der Waals surface area contributed by atoms with E-state index < -0.39 is 7.26 Å². The first-order valence-corrected chi connectivity index (χ1v) is 10.0. The summed E-state index contributed by atoms with van der Waals surface area (Å²) in [6.45, 7) is 0. The normalized spacial score (nSPS) is 11.2. The highest BCUT2D eigenvalue weighted by Gasteiger charge is 2.50. The van der Waals surface area contributed by atoms with Gasteiger partial charge in [0.25, 0.3) is 0 Å². The minimum absolute atomic E-state index is 1.08. The van der Waals surface area contributed by atoms with Crippen LogP contribution in [0.3, 0.4) is 0 Å². The smallest absolute Gasteiger partial charge is 0.199 e. The summed E-state index contributed by atoms with van der Waals surface area (Å²) in [5.41, 5.74) is 2.15. The lowest BCUT2D eigenvalue weighted by atomic mass is 10.4. The average Bonchev–Trinajstić information content (AvgIpc) is 2.72. The maximum atomic E-state index is 4.79. The molecule has 0 radical (unpaired) electrons. The van der Waals surface area contributed by atoms with Gasteiger partial charge in [0.2, 0.25) is 0 Å². The van der Waals surface area contributed by atoms with Gasteiger partial charge in [-0.3, -0.25) is 0 Å². The highest BCUT2D eigenvalue weighted by atomic mass is 31.2. The van der Waals surface area contributed by atoms with Crippen LogP contribution in [0.1, 0.15) is 0 Å². The average molecular weight is 341 g/mol. The van der Waals surface area contributed by atoms with Gasteiger partial charge in [0.1, 0.15) is 10.6 Å². The summed E-state index contributed by atoms with van der Waals surface area (Å²) >= 11 is 0. The summed E-state index contributed by atoms with van der Waals surface area (Å²) in [4.78, 5) is 9.58. The van der Waals surface area contributed by atoms with Crippen LogP contribution in [0.25, 0.3) is 0 Å². The van der Waals surface area contributed by atoms with E-state index in [9.17, 15) is 0 Å². The van der Waals surface area contributed by atoms with Crippen LogP contribution in [0.15, 0.2) is 109 Å². The summed E-state index contributed by atoms with van der Waals surface area (Å²) < 4.78 is 0. The van der Waals surface area contributed by atoms with E-state index in [-0.39, 0.29) is 0 Å². The molecule has 3 heteroatoms. The zero-order valence-electron chi connectivity index (χ0n) is 13.7. The molecule has 0 fully saturated rings. The Morgan fingerprint density at radius 1 is 0.440 bits per heavy atom. The first-order chi connectivity index (χ1) is 12.4. The number of hydrogen-bond donors (Lipinski definition) is 0. The lowest BCUT2D eigenvalue weighted by Gasteiger charge is -2.25. The van der Waals surface area contributed by atoms with Gasteiger partial charge in [-0.2, -0.15) is 0 Å². The SMILES string of the molecule is c1ccc([P+](c2ccccc2)(c2ccccn2)c2ccccn2)cc1. The number of aromatic nitrogens is 2. The topological polar surface area (TPSA) is 25.8 Å². The van der Waals surface area contributed by atoms with Crippen LogP contribution in [0.5, 0.6) is 0 Å². The molecule has 0 unspecified atom stereocenters. The molecule has 4 aromatic rings. The van der Waals surface area contributed by atoms with E-state index >= 15 is 0 Å². The Hall–Kier alpha value is -2.83. The molecule has 0 aliphatic heterocycles. The van der Waals surface area contributed by atoms with Gasteiger partial charge in [-0.15, -0.1) is 0 Å². The fourth-order valence-electron chi connectivity index (χ4n) is 3.20. The summed E-state index contributed by atoms with van der Waals surface area (Å²) in [5.74, 6) is 0. The highest BCUT2D eigenvalue weighted by Crippen LogP contribution is 2.52. The Balaban J connectivity index is 2.13. The Morgan fingerprint density at radius 2 is 0.840 bits per heavy atom. The largest absolute Gasteiger partial charge is 0.221 e. The zero-order chi connectivity index (χ0) is 17.0. The van der Waals surface area contributed by atoms with E-state index in [4.69, 9.17) is 9.97 Å². The summed E-state index contributed by atoms with van der Waals surface area (Å²) in [7, 11) is -2.13. The minimum atomic E-state index is -2.13. The van der Waals surface area contributed by atoms with Crippen LogP contribution < -0.4 is 21.5 Å². The first-order valence-electron chi connectivity index (χ1n) is 8.26. The van der Waals surface area contributed by atoms with Gasteiger partial charge in [0, 0.05) is 24.5 Å². The molecule has 0 aliphatic rings. The predicted octanol–water partition coefficient (Wildman–Crippen LogP) is 3.10. The molecule has 0 saturated carbocycles. The quantitative estimate of drug-likeness (QED) is 0.533. The first kappa shape index (κ1) is 15.7. The van der Waals surface area contributed by atoms with Crippen molar-refractivity contribution < 1.29 is 0 Å². The standard InChI is InChI=1S/C22H18N2P/c1-3-11-19(12-4-1)25(20-13-5-2-6-14-20,21-15-7-9-17-23-21)22-16-8-10-18-24-22/h1-18H/q+1. The van der Waals surface area contributed by atoms with Gasteiger partial charge >= 0.3 is 0 Å². The van der Waals surface area contributed by atoms with Crippen LogP contribution >= 0.6 is 7.26 Å². The van der Waals surface area contributed by atoms with Gasteiger partial charge in [0.15, 0.2) is 18.1 Å². The molecular formula is C22H18N2P+. The molecule has 2 aromatic carbocycles. The van der Waals surface area contributed by atoms with Crippen molar-refractivity contribution in [3.8, 4) is 0 Å². The van der Waals surface area contributed by atoms with Crippen molar-refractivity contribution in [2.75, 3.05) is 0 Å². The second-order valence-electron chi connectivity index (χ2n) is 5.72. The molecule has 0 spiro atoms. The lowest BCUT2D eigenvalue weighted by Crippen LogP contribution is -2.40. The molecule has 0 aliphatic carbocycles. The van der Waals surface area contributed by atoms with Crippen LogP contribution in [-0.4, -0.2) is 9.97 Å². The molecular weight excluding hydrogens is 323 g/mol. The van der Waals surface area contributed by atoms with Gasteiger partial charge < -0.3 is 0 Å². The van der Waals surface area contributed by atoms with Crippen molar-refractivity contribution in [3.05, 3.63) is 109 Å². The van der Waals surface area contributed by atoms with Crippen LogP contribution in [-0.2, 0) is 0 Å². The molecule has 25 heavy (non-hydrogen) atoms. The Labute approximate surface area is 148 Å².